The highest BCUT2D eigenvalue weighted by molar-refractivity contribution is 7.11. The average molecular weight is 923 g/mol. The molecule has 4 aromatic carbocycles. The Hall–Kier alpha value is -2.97. The van der Waals surface area contributed by atoms with Crippen molar-refractivity contribution in [3.05, 3.63) is 120 Å². The van der Waals surface area contributed by atoms with Crippen molar-refractivity contribution in [3.8, 4) is 0 Å². The molecule has 4 unspecified atom stereocenters. The predicted molar refractivity (Wildman–Crippen MR) is 272 cm³/mol. The zero-order chi connectivity index (χ0) is 46.5. The summed E-state index contributed by atoms with van der Waals surface area (Å²) in [7, 11) is -6.69. The Morgan fingerprint density at radius 2 is 0.892 bits per heavy atom. The Morgan fingerprint density at radius 3 is 1.25 bits per heavy atom. The summed E-state index contributed by atoms with van der Waals surface area (Å²) in [6.07, 6.45) is 9.37. The second kappa shape index (κ2) is 23.9. The molecule has 2 saturated carbocycles. The van der Waals surface area contributed by atoms with Crippen LogP contribution in [0.4, 0.5) is 0 Å². The molecule has 6 rings (SSSR count). The number of hydrogen-bond donors (Lipinski definition) is 2. The van der Waals surface area contributed by atoms with E-state index in [1.54, 1.807) is 0 Å². The second-order valence-electron chi connectivity index (χ2n) is 21.0. The van der Waals surface area contributed by atoms with Gasteiger partial charge in [0.15, 0.2) is 0 Å². The highest BCUT2D eigenvalue weighted by Crippen LogP contribution is 2.45. The molecule has 0 saturated heterocycles. The third kappa shape index (κ3) is 12.8. The predicted octanol–water partition coefficient (Wildman–Crippen LogP) is 9.44. The number of benzene rings is 4. The van der Waals surface area contributed by atoms with Crippen molar-refractivity contribution in [1.82, 2.24) is 0 Å². The first-order valence-corrected chi connectivity index (χ1v) is 28.8. The molecule has 7 nitrogen and oxygen atoms in total. The lowest BCUT2D eigenvalue weighted by Gasteiger charge is -2.54. The lowest BCUT2D eigenvalue weighted by atomic mass is 9.95. The Bertz CT molecular complexity index is 1860. The second-order valence-corrected chi connectivity index (χ2v) is 29.7. The monoisotopic (exact) mass is 923 g/mol. The minimum atomic E-state index is -3.34. The molecule has 2 fully saturated rings. The van der Waals surface area contributed by atoms with E-state index in [-0.39, 0.29) is 46.7 Å². The van der Waals surface area contributed by atoms with E-state index in [9.17, 15) is 10.2 Å². The van der Waals surface area contributed by atoms with Crippen molar-refractivity contribution < 1.29 is 33.3 Å². The minimum Gasteiger partial charge on any atom is -0.441 e. The van der Waals surface area contributed by atoms with Crippen molar-refractivity contribution in [2.75, 3.05) is 26.4 Å². The van der Waals surface area contributed by atoms with E-state index >= 15 is 0 Å². The number of rotatable bonds is 22. The number of aliphatic hydroxyl groups excluding tert-OH is 2. The van der Waals surface area contributed by atoms with Crippen LogP contribution in [-0.2, 0) is 35.9 Å². The smallest absolute Gasteiger partial charge is 0.251 e. The van der Waals surface area contributed by atoms with E-state index in [4.69, 9.17) is 23.1 Å². The number of hydrogen-bond acceptors (Lipinski definition) is 7. The molecule has 2 aliphatic carbocycles. The molecule has 0 spiro atoms. The fourth-order valence-corrected chi connectivity index (χ4v) is 23.9. The first-order chi connectivity index (χ1) is 31.2. The fourth-order valence-electron chi connectivity index (χ4n) is 10.6. The van der Waals surface area contributed by atoms with Crippen LogP contribution in [0.1, 0.15) is 131 Å². The van der Waals surface area contributed by atoms with E-state index < -0.39 is 16.6 Å². The van der Waals surface area contributed by atoms with Crippen LogP contribution in [0.2, 0.25) is 10.1 Å². The highest BCUT2D eigenvalue weighted by Gasteiger charge is 2.61. The normalized spacial score (nSPS) is 22.4. The van der Waals surface area contributed by atoms with Gasteiger partial charge in [0, 0.05) is 26.1 Å². The van der Waals surface area contributed by atoms with Gasteiger partial charge in [0.05, 0.1) is 49.8 Å². The summed E-state index contributed by atoms with van der Waals surface area (Å²) < 4.78 is 35.5. The van der Waals surface area contributed by atoms with Crippen LogP contribution in [0, 0.1) is 0 Å². The molecule has 0 amide bonds. The van der Waals surface area contributed by atoms with Gasteiger partial charge in [-0.2, -0.15) is 0 Å². The Morgan fingerprint density at radius 1 is 0.523 bits per heavy atom. The van der Waals surface area contributed by atoms with E-state index in [0.717, 1.165) is 51.4 Å². The van der Waals surface area contributed by atoms with E-state index in [1.807, 2.05) is 0 Å². The minimum absolute atomic E-state index is 0.0421. The van der Waals surface area contributed by atoms with Gasteiger partial charge in [-0.3, -0.25) is 0 Å². The molecule has 4 aromatic rings. The Balaban J connectivity index is 1.52. The molecule has 2 aliphatic rings. The zero-order valence-electron chi connectivity index (χ0n) is 41.1. The van der Waals surface area contributed by atoms with Gasteiger partial charge in [-0.1, -0.05) is 165 Å². The van der Waals surface area contributed by atoms with Crippen molar-refractivity contribution in [3.63, 3.8) is 0 Å². The van der Waals surface area contributed by atoms with Gasteiger partial charge in [0.25, 0.3) is 16.6 Å². The lowest BCUT2D eigenvalue weighted by Crippen LogP contribution is -2.79. The molecule has 0 bridgehead atoms. The van der Waals surface area contributed by atoms with Crippen molar-refractivity contribution in [1.29, 1.82) is 0 Å². The van der Waals surface area contributed by atoms with Gasteiger partial charge in [-0.05, 0) is 106 Å². The average Bonchev–Trinajstić information content (AvgIpc) is 3.29. The zero-order valence-corrected chi connectivity index (χ0v) is 43.1. The number of aliphatic hydroxyl groups is 2. The van der Waals surface area contributed by atoms with Crippen LogP contribution < -0.4 is 20.7 Å². The Kier molecular flexibility index (Phi) is 18.9. The molecule has 9 heteroatoms. The van der Waals surface area contributed by atoms with E-state index in [2.05, 4.69) is 165 Å². The van der Waals surface area contributed by atoms with E-state index in [0.29, 0.717) is 52.1 Å². The maximum absolute atomic E-state index is 10.5. The van der Waals surface area contributed by atoms with Gasteiger partial charge in [0.1, 0.15) is 0 Å². The molecule has 65 heavy (non-hydrogen) atoms. The first-order valence-electron chi connectivity index (χ1n) is 25.0. The van der Waals surface area contributed by atoms with Gasteiger partial charge in [-0.25, -0.2) is 0 Å². The summed E-state index contributed by atoms with van der Waals surface area (Å²) in [5, 5.41) is 25.4. The molecule has 2 N–H and O–H groups in total. The van der Waals surface area contributed by atoms with Crippen molar-refractivity contribution in [2.45, 2.75) is 179 Å². The van der Waals surface area contributed by atoms with Crippen molar-refractivity contribution >= 4 is 37.4 Å². The Labute approximate surface area is 394 Å². The molecular formula is C56H82O7Si2. The van der Waals surface area contributed by atoms with Gasteiger partial charge in [0.2, 0.25) is 0 Å². The highest BCUT2D eigenvalue weighted by atomic mass is 28.4. The van der Waals surface area contributed by atoms with Gasteiger partial charge >= 0.3 is 0 Å². The first kappa shape index (κ1) is 51.4. The third-order valence-electron chi connectivity index (χ3n) is 13.8. The summed E-state index contributed by atoms with van der Waals surface area (Å²) >= 11 is 0. The van der Waals surface area contributed by atoms with E-state index in [1.165, 1.54) is 31.9 Å². The van der Waals surface area contributed by atoms with Crippen LogP contribution in [0.25, 0.3) is 0 Å². The molecule has 8 atom stereocenters. The lowest BCUT2D eigenvalue weighted by molar-refractivity contribution is -0.0680. The molecule has 0 radical (unpaired) electrons. The number of ether oxygens (including phenoxy) is 4. The standard InChI is InChI=1S/C56H82O7Si2/c1-9-35-59-49(41-61-47-27-21-25-45(57)39-47)37-43-23-17-19-33-53(43)64(55(3,4)5,51-29-13-11-14-30-51)63-65(56(6,7)8,52-31-15-12-16-32-52)54-34-20-18-24-44(54)38-50(60-36-10-2)42-62-48-28-22-26-46(58)40-48/h11-20,23-24,29-34,45-50,57-58H,9-10,21-22,25-28,35-42H2,1-8H3/t45-,46-,47+,48+,49?,50?,64?,65?/m1/s1. The molecule has 0 aromatic heterocycles. The molecule has 0 heterocycles. The topological polar surface area (TPSA) is 86.6 Å². The summed E-state index contributed by atoms with van der Waals surface area (Å²) in [5.74, 6) is 0. The fraction of sp³-hybridized carbons (Fsp3) is 0.571. The van der Waals surface area contributed by atoms with Crippen LogP contribution in [0.3, 0.4) is 0 Å². The van der Waals surface area contributed by atoms with Crippen LogP contribution in [-0.4, -0.2) is 89.9 Å². The van der Waals surface area contributed by atoms with Crippen LogP contribution >= 0.6 is 0 Å². The molecule has 0 aliphatic heterocycles. The maximum Gasteiger partial charge on any atom is 0.251 e. The summed E-state index contributed by atoms with van der Waals surface area (Å²) in [4.78, 5) is 0. The van der Waals surface area contributed by atoms with Crippen LogP contribution in [0.15, 0.2) is 109 Å². The molecular weight excluding hydrogens is 841 g/mol. The largest absolute Gasteiger partial charge is 0.441 e. The molecule has 356 valence electrons. The van der Waals surface area contributed by atoms with Gasteiger partial charge < -0.3 is 33.3 Å². The van der Waals surface area contributed by atoms with Gasteiger partial charge in [-0.15, -0.1) is 0 Å². The summed E-state index contributed by atoms with van der Waals surface area (Å²) in [5.41, 5.74) is 2.48. The third-order valence-corrected chi connectivity index (χ3v) is 25.3. The van der Waals surface area contributed by atoms with Crippen LogP contribution in [0.5, 0.6) is 0 Å². The quantitative estimate of drug-likeness (QED) is 0.0761. The summed E-state index contributed by atoms with van der Waals surface area (Å²) in [6, 6.07) is 40.4. The maximum atomic E-state index is 10.5. The van der Waals surface area contributed by atoms with Crippen molar-refractivity contribution in [2.24, 2.45) is 0 Å². The SMILES string of the molecule is CCCOC(CO[C@H]1CCC[C@@H](O)C1)Cc1ccccc1[Si](O[Si](c1ccccc1)(c1ccccc1CC(CO[C@H]1CCC[C@@H](O)C1)OCCC)C(C)(C)C)(c1ccccc1)C(C)(C)C. The summed E-state index contributed by atoms with van der Waals surface area (Å²) in [6.45, 7) is 21.0.